The first kappa shape index (κ1) is 22.2. The number of imidazole rings is 1. The number of benzene rings is 2. The molecule has 0 spiro atoms. The number of aryl methyl sites for hydroxylation is 5. The highest BCUT2D eigenvalue weighted by Gasteiger charge is 2.36. The molecule has 0 radical (unpaired) electrons. The molecule has 1 N–H and O–H groups in total. The van der Waals surface area contributed by atoms with E-state index in [-0.39, 0.29) is 17.8 Å². The van der Waals surface area contributed by atoms with Crippen LogP contribution in [0.15, 0.2) is 46.0 Å². The SMILES string of the molecule is Cc1ccc(C)c(Cn2c(=O)c3c([nH]c4[n+]3C[C@@H](C)CN4c3ccc(C)c(C)c3)n(C)c2=O)c1. The molecule has 0 bridgehead atoms. The van der Waals surface area contributed by atoms with Crippen molar-refractivity contribution in [3.05, 3.63) is 85.1 Å². The largest absolute Gasteiger partial charge is 0.364 e. The molecule has 5 rings (SSSR count). The van der Waals surface area contributed by atoms with E-state index in [2.05, 4.69) is 59.5 Å². The molecule has 176 valence electrons. The molecule has 2 aromatic carbocycles. The van der Waals surface area contributed by atoms with Crippen LogP contribution >= 0.6 is 0 Å². The second-order valence-corrected chi connectivity index (χ2v) is 9.90. The fraction of sp³-hybridized carbons (Fsp3) is 0.370. The molecule has 4 aromatic rings. The van der Waals surface area contributed by atoms with E-state index in [1.54, 1.807) is 11.6 Å². The fourth-order valence-corrected chi connectivity index (χ4v) is 4.98. The minimum absolute atomic E-state index is 0.254. The van der Waals surface area contributed by atoms with E-state index in [0.717, 1.165) is 34.9 Å². The van der Waals surface area contributed by atoms with Crippen LogP contribution < -0.4 is 20.7 Å². The number of aromatic nitrogens is 4. The number of nitrogens with zero attached hydrogens (tertiary/aromatic N) is 4. The minimum atomic E-state index is -0.316. The van der Waals surface area contributed by atoms with Gasteiger partial charge in [0, 0.05) is 13.0 Å². The zero-order chi connectivity index (χ0) is 24.3. The summed E-state index contributed by atoms with van der Waals surface area (Å²) in [4.78, 5) is 32.7. The van der Waals surface area contributed by atoms with Crippen LogP contribution in [0.2, 0.25) is 0 Å². The van der Waals surface area contributed by atoms with Crippen LogP contribution in [0.4, 0.5) is 11.6 Å². The number of hydrogen-bond acceptors (Lipinski definition) is 3. The third-order valence-electron chi connectivity index (χ3n) is 7.16. The molecule has 7 nitrogen and oxygen atoms in total. The Labute approximate surface area is 198 Å². The molecule has 0 saturated carbocycles. The van der Waals surface area contributed by atoms with Crippen molar-refractivity contribution in [3.8, 4) is 0 Å². The zero-order valence-corrected chi connectivity index (χ0v) is 20.8. The van der Waals surface area contributed by atoms with Gasteiger partial charge in [0.1, 0.15) is 5.69 Å². The normalized spacial score (nSPS) is 15.7. The molecule has 0 aliphatic carbocycles. The van der Waals surface area contributed by atoms with Gasteiger partial charge in [-0.3, -0.25) is 13.9 Å². The van der Waals surface area contributed by atoms with Gasteiger partial charge < -0.3 is 0 Å². The van der Waals surface area contributed by atoms with Crippen LogP contribution in [0.5, 0.6) is 0 Å². The smallest absolute Gasteiger partial charge is 0.267 e. The highest BCUT2D eigenvalue weighted by Crippen LogP contribution is 2.29. The van der Waals surface area contributed by atoms with E-state index in [0.29, 0.717) is 23.6 Å². The Kier molecular flexibility index (Phi) is 5.23. The summed E-state index contributed by atoms with van der Waals surface area (Å²) < 4.78 is 4.99. The van der Waals surface area contributed by atoms with Gasteiger partial charge >= 0.3 is 11.6 Å². The standard InChI is InChI=1S/C27H31N5O2/c1-16-7-8-19(4)21(11-16)15-32-25(33)23-24(29(6)27(32)34)28-26-30(13-17(2)14-31(23)26)22-10-9-18(3)20(5)12-22/h7-12,17H,13-15H2,1-6H3/p+1/t17-/m0/s1. The highest BCUT2D eigenvalue weighted by molar-refractivity contribution is 5.70. The second kappa shape index (κ2) is 8.01. The molecule has 7 heteroatoms. The molecule has 1 aliphatic rings. The van der Waals surface area contributed by atoms with Crippen LogP contribution in [0.1, 0.15) is 34.7 Å². The van der Waals surface area contributed by atoms with Crippen molar-refractivity contribution in [2.24, 2.45) is 13.0 Å². The lowest BCUT2D eigenvalue weighted by Crippen LogP contribution is -2.52. The monoisotopic (exact) mass is 458 g/mol. The Balaban J connectivity index is 1.72. The molecule has 2 aromatic heterocycles. The molecular formula is C27H32N5O2+. The number of rotatable bonds is 3. The van der Waals surface area contributed by atoms with E-state index < -0.39 is 0 Å². The molecule has 0 saturated heterocycles. The summed E-state index contributed by atoms with van der Waals surface area (Å²) in [6.07, 6.45) is 0. The number of nitrogens with one attached hydrogen (secondary N) is 1. The average molecular weight is 459 g/mol. The van der Waals surface area contributed by atoms with Gasteiger partial charge in [-0.2, -0.15) is 0 Å². The van der Waals surface area contributed by atoms with Crippen LogP contribution in [0.25, 0.3) is 11.2 Å². The van der Waals surface area contributed by atoms with Crippen LogP contribution in [-0.4, -0.2) is 20.7 Å². The quantitative estimate of drug-likeness (QED) is 0.479. The number of anilines is 2. The Hall–Kier alpha value is -3.61. The summed E-state index contributed by atoms with van der Waals surface area (Å²) in [6, 6.07) is 12.6. The van der Waals surface area contributed by atoms with Crippen LogP contribution in [0.3, 0.4) is 0 Å². The first-order chi connectivity index (χ1) is 16.2. The van der Waals surface area contributed by atoms with E-state index in [1.165, 1.54) is 15.7 Å². The topological polar surface area (TPSA) is 66.9 Å². The van der Waals surface area contributed by atoms with Crippen LogP contribution in [0, 0.1) is 33.6 Å². The van der Waals surface area contributed by atoms with E-state index in [9.17, 15) is 9.59 Å². The zero-order valence-electron chi connectivity index (χ0n) is 20.8. The molecule has 34 heavy (non-hydrogen) atoms. The summed E-state index contributed by atoms with van der Waals surface area (Å²) in [5, 5.41) is 0. The Morgan fingerprint density at radius 1 is 1.00 bits per heavy atom. The molecule has 1 atom stereocenters. The fourth-order valence-electron chi connectivity index (χ4n) is 4.98. The predicted molar refractivity (Wildman–Crippen MR) is 135 cm³/mol. The van der Waals surface area contributed by atoms with Gasteiger partial charge in [-0.1, -0.05) is 36.8 Å². The van der Waals surface area contributed by atoms with Crippen molar-refractivity contribution in [2.75, 3.05) is 11.4 Å². The van der Waals surface area contributed by atoms with Crippen molar-refractivity contribution in [1.29, 1.82) is 0 Å². The van der Waals surface area contributed by atoms with E-state index >= 15 is 0 Å². The summed E-state index contributed by atoms with van der Waals surface area (Å²) in [6.45, 7) is 12.3. The van der Waals surface area contributed by atoms with Crippen molar-refractivity contribution in [1.82, 2.24) is 14.1 Å². The minimum Gasteiger partial charge on any atom is -0.267 e. The molecule has 0 amide bonds. The molecule has 0 fully saturated rings. The van der Waals surface area contributed by atoms with Crippen molar-refractivity contribution >= 4 is 22.8 Å². The summed E-state index contributed by atoms with van der Waals surface area (Å²) >= 11 is 0. The van der Waals surface area contributed by atoms with Crippen LogP contribution in [-0.2, 0) is 20.1 Å². The number of aromatic amines is 1. The van der Waals surface area contributed by atoms with Gasteiger partial charge in [0.15, 0.2) is 0 Å². The van der Waals surface area contributed by atoms with Gasteiger partial charge in [-0.05, 0) is 62.1 Å². The maximum atomic E-state index is 13.8. The first-order valence-electron chi connectivity index (χ1n) is 11.8. The summed E-state index contributed by atoms with van der Waals surface area (Å²) in [5.74, 6) is 1.18. The molecule has 1 aliphatic heterocycles. The van der Waals surface area contributed by atoms with Crippen molar-refractivity contribution in [2.45, 2.75) is 47.7 Å². The summed E-state index contributed by atoms with van der Waals surface area (Å²) in [5.41, 5.74) is 7.24. The van der Waals surface area contributed by atoms with Gasteiger partial charge in [-0.15, -0.1) is 0 Å². The lowest BCUT2D eigenvalue weighted by atomic mass is 10.1. The lowest BCUT2D eigenvalue weighted by molar-refractivity contribution is -0.669. The molecule has 0 unspecified atom stereocenters. The average Bonchev–Trinajstić information content (AvgIpc) is 3.18. The van der Waals surface area contributed by atoms with Gasteiger partial charge in [0.05, 0.1) is 19.6 Å². The molecule has 3 heterocycles. The third-order valence-corrected chi connectivity index (χ3v) is 7.16. The van der Waals surface area contributed by atoms with E-state index in [4.69, 9.17) is 0 Å². The maximum absolute atomic E-state index is 13.8. The van der Waals surface area contributed by atoms with E-state index in [1.807, 2.05) is 26.0 Å². The Bertz CT molecular complexity index is 1560. The first-order valence-corrected chi connectivity index (χ1v) is 11.8. The molecular weight excluding hydrogens is 426 g/mol. The second-order valence-electron chi connectivity index (χ2n) is 9.90. The van der Waals surface area contributed by atoms with Gasteiger partial charge in [0.2, 0.25) is 11.2 Å². The maximum Gasteiger partial charge on any atom is 0.364 e. The predicted octanol–water partition coefficient (Wildman–Crippen LogP) is 3.39. The third kappa shape index (κ3) is 3.47. The Morgan fingerprint density at radius 2 is 1.74 bits per heavy atom. The number of hydrogen-bond donors (Lipinski definition) is 1. The van der Waals surface area contributed by atoms with Crippen molar-refractivity contribution < 1.29 is 4.57 Å². The Morgan fingerprint density at radius 3 is 2.47 bits per heavy atom. The van der Waals surface area contributed by atoms with Gasteiger partial charge in [-0.25, -0.2) is 19.2 Å². The van der Waals surface area contributed by atoms with Gasteiger partial charge in [0.25, 0.3) is 5.56 Å². The number of fused-ring (bicyclic) bond motifs is 3. The number of H-pyrrole nitrogens is 1. The highest BCUT2D eigenvalue weighted by atomic mass is 16.2. The van der Waals surface area contributed by atoms with Crippen molar-refractivity contribution in [3.63, 3.8) is 0 Å². The lowest BCUT2D eigenvalue weighted by Gasteiger charge is -2.26. The summed E-state index contributed by atoms with van der Waals surface area (Å²) in [7, 11) is 1.73.